The molecule has 1 aliphatic heterocycles. The van der Waals surface area contributed by atoms with Crippen molar-refractivity contribution in [1.29, 1.82) is 0 Å². The van der Waals surface area contributed by atoms with Gasteiger partial charge in [-0.25, -0.2) is 18.4 Å². The van der Waals surface area contributed by atoms with Crippen LogP contribution in [0.4, 0.5) is 0 Å². The van der Waals surface area contributed by atoms with Crippen LogP contribution in [-0.2, 0) is 19.6 Å². The number of hydrogen-bond acceptors (Lipinski definition) is 7. The highest BCUT2D eigenvalue weighted by Crippen LogP contribution is 2.21. The maximum atomic E-state index is 12.4. The standard InChI is InChI=1S/C18H20N2O7S/c19-28(23,24)14-7-5-13(6-8-14)25-11-12-27-18(22)15-3-1-9-20(15)17(21)16-4-2-10-26-16/h2,4-8,10,15H,1,3,9,11-12H2,(H2,19,23,24)/t15-/m0/s1. The zero-order valence-electron chi connectivity index (χ0n) is 14.9. The minimum absolute atomic E-state index is 0.00491. The van der Waals surface area contributed by atoms with Crippen LogP contribution in [0.1, 0.15) is 23.4 Å². The summed E-state index contributed by atoms with van der Waals surface area (Å²) >= 11 is 0. The van der Waals surface area contributed by atoms with Gasteiger partial charge in [0.1, 0.15) is 25.0 Å². The molecule has 28 heavy (non-hydrogen) atoms. The maximum absolute atomic E-state index is 12.4. The summed E-state index contributed by atoms with van der Waals surface area (Å²) in [6.07, 6.45) is 2.64. The van der Waals surface area contributed by atoms with Gasteiger partial charge in [0, 0.05) is 6.54 Å². The monoisotopic (exact) mass is 408 g/mol. The molecule has 2 heterocycles. The van der Waals surface area contributed by atoms with Gasteiger partial charge >= 0.3 is 5.97 Å². The van der Waals surface area contributed by atoms with Crippen LogP contribution in [0, 0.1) is 0 Å². The highest BCUT2D eigenvalue weighted by atomic mass is 32.2. The van der Waals surface area contributed by atoms with E-state index < -0.39 is 22.0 Å². The second-order valence-electron chi connectivity index (χ2n) is 6.17. The van der Waals surface area contributed by atoms with Gasteiger partial charge in [0.2, 0.25) is 10.0 Å². The van der Waals surface area contributed by atoms with Crippen molar-refractivity contribution in [2.75, 3.05) is 19.8 Å². The first-order valence-electron chi connectivity index (χ1n) is 8.63. The summed E-state index contributed by atoms with van der Waals surface area (Å²) in [7, 11) is -3.76. The third-order valence-electron chi connectivity index (χ3n) is 4.27. The van der Waals surface area contributed by atoms with Crippen molar-refractivity contribution in [3.05, 3.63) is 48.4 Å². The molecule has 1 aromatic carbocycles. The van der Waals surface area contributed by atoms with Crippen molar-refractivity contribution in [2.45, 2.75) is 23.8 Å². The van der Waals surface area contributed by atoms with E-state index in [-0.39, 0.29) is 29.8 Å². The van der Waals surface area contributed by atoms with Gasteiger partial charge in [0.15, 0.2) is 5.76 Å². The number of nitrogens with two attached hydrogens (primary N) is 1. The Balaban J connectivity index is 1.47. The second-order valence-corrected chi connectivity index (χ2v) is 7.73. The Morgan fingerprint density at radius 1 is 1.18 bits per heavy atom. The average Bonchev–Trinajstić information content (AvgIpc) is 3.36. The second kappa shape index (κ2) is 8.44. The molecule has 0 unspecified atom stereocenters. The summed E-state index contributed by atoms with van der Waals surface area (Å²) in [6.45, 7) is 0.542. The first-order valence-corrected chi connectivity index (χ1v) is 10.2. The number of benzene rings is 1. The van der Waals surface area contributed by atoms with Gasteiger partial charge < -0.3 is 18.8 Å². The van der Waals surface area contributed by atoms with Crippen LogP contribution < -0.4 is 9.88 Å². The fourth-order valence-corrected chi connectivity index (χ4v) is 3.44. The Bertz CT molecular complexity index is 923. The zero-order chi connectivity index (χ0) is 20.1. The Kier molecular flexibility index (Phi) is 6.00. The lowest BCUT2D eigenvalue weighted by molar-refractivity contribution is -0.148. The molecule has 1 aliphatic rings. The highest BCUT2D eigenvalue weighted by molar-refractivity contribution is 7.89. The predicted octanol–water partition coefficient (Wildman–Crippen LogP) is 1.15. The molecule has 2 aromatic rings. The topological polar surface area (TPSA) is 129 Å². The number of furan rings is 1. The van der Waals surface area contributed by atoms with Crippen LogP contribution in [0.15, 0.2) is 52.0 Å². The third-order valence-corrected chi connectivity index (χ3v) is 5.20. The first-order chi connectivity index (χ1) is 13.4. The number of nitrogens with zero attached hydrogens (tertiary/aromatic N) is 1. The van der Waals surface area contributed by atoms with Crippen molar-refractivity contribution < 1.29 is 31.9 Å². The molecule has 1 atom stereocenters. The average molecular weight is 408 g/mol. The number of primary sulfonamides is 1. The van der Waals surface area contributed by atoms with E-state index in [1.165, 1.54) is 35.4 Å². The van der Waals surface area contributed by atoms with Gasteiger partial charge in [0.25, 0.3) is 5.91 Å². The van der Waals surface area contributed by atoms with Crippen LogP contribution in [0.25, 0.3) is 0 Å². The van der Waals surface area contributed by atoms with E-state index in [1.54, 1.807) is 12.1 Å². The molecule has 1 aromatic heterocycles. The molecule has 0 saturated carbocycles. The van der Waals surface area contributed by atoms with Gasteiger partial charge in [-0.1, -0.05) is 0 Å². The Morgan fingerprint density at radius 2 is 1.93 bits per heavy atom. The number of hydrogen-bond donors (Lipinski definition) is 1. The fraction of sp³-hybridized carbons (Fsp3) is 0.333. The molecule has 0 aliphatic carbocycles. The van der Waals surface area contributed by atoms with E-state index in [9.17, 15) is 18.0 Å². The van der Waals surface area contributed by atoms with E-state index in [2.05, 4.69) is 0 Å². The predicted molar refractivity (Wildman–Crippen MR) is 97.0 cm³/mol. The van der Waals surface area contributed by atoms with Crippen molar-refractivity contribution in [2.24, 2.45) is 5.14 Å². The smallest absolute Gasteiger partial charge is 0.328 e. The van der Waals surface area contributed by atoms with Crippen molar-refractivity contribution in [1.82, 2.24) is 4.90 Å². The van der Waals surface area contributed by atoms with E-state index >= 15 is 0 Å². The number of amides is 1. The Labute approximate surface area is 162 Å². The Hall–Kier alpha value is -2.85. The quantitative estimate of drug-likeness (QED) is 0.537. The molecule has 9 nitrogen and oxygen atoms in total. The van der Waals surface area contributed by atoms with Crippen LogP contribution >= 0.6 is 0 Å². The molecule has 0 bridgehead atoms. The molecule has 1 saturated heterocycles. The molecule has 2 N–H and O–H groups in total. The number of sulfonamides is 1. The fourth-order valence-electron chi connectivity index (χ4n) is 2.92. The molecule has 1 fully saturated rings. The summed E-state index contributed by atoms with van der Waals surface area (Å²) < 4.78 is 38.1. The zero-order valence-corrected chi connectivity index (χ0v) is 15.8. The third kappa shape index (κ3) is 4.70. The van der Waals surface area contributed by atoms with Crippen LogP contribution in [0.3, 0.4) is 0 Å². The number of carbonyl (C=O) groups is 2. The van der Waals surface area contributed by atoms with Gasteiger partial charge in [-0.2, -0.15) is 0 Å². The summed E-state index contributed by atoms with van der Waals surface area (Å²) in [5.41, 5.74) is 0. The number of carbonyl (C=O) groups excluding carboxylic acids is 2. The van der Waals surface area contributed by atoms with Gasteiger partial charge in [-0.05, 0) is 49.2 Å². The van der Waals surface area contributed by atoms with E-state index in [0.29, 0.717) is 25.1 Å². The maximum Gasteiger partial charge on any atom is 0.328 e. The molecule has 1 amide bonds. The number of ether oxygens (including phenoxy) is 2. The molecule has 0 spiro atoms. The van der Waals surface area contributed by atoms with Gasteiger partial charge in [0.05, 0.1) is 11.2 Å². The summed E-state index contributed by atoms with van der Waals surface area (Å²) in [4.78, 5) is 26.1. The molecule has 0 radical (unpaired) electrons. The van der Waals surface area contributed by atoms with Gasteiger partial charge in [-0.3, -0.25) is 4.79 Å². The summed E-state index contributed by atoms with van der Waals surface area (Å²) in [5, 5.41) is 5.03. The largest absolute Gasteiger partial charge is 0.490 e. The Morgan fingerprint density at radius 3 is 2.57 bits per heavy atom. The van der Waals surface area contributed by atoms with Gasteiger partial charge in [-0.15, -0.1) is 0 Å². The minimum Gasteiger partial charge on any atom is -0.490 e. The van der Waals surface area contributed by atoms with Crippen LogP contribution in [-0.4, -0.2) is 51.0 Å². The number of esters is 1. The lowest BCUT2D eigenvalue weighted by Gasteiger charge is -2.22. The minimum atomic E-state index is -3.76. The van der Waals surface area contributed by atoms with Crippen molar-refractivity contribution >= 4 is 21.9 Å². The summed E-state index contributed by atoms with van der Waals surface area (Å²) in [5.74, 6) is -0.230. The van der Waals surface area contributed by atoms with E-state index in [0.717, 1.165) is 0 Å². The molecular formula is C18H20N2O7S. The molecule has 3 rings (SSSR count). The lowest BCUT2D eigenvalue weighted by atomic mass is 10.2. The molecule has 10 heteroatoms. The van der Waals surface area contributed by atoms with Crippen LogP contribution in [0.5, 0.6) is 5.75 Å². The summed E-state index contributed by atoms with van der Waals surface area (Å²) in [6, 6.07) is 8.10. The van der Waals surface area contributed by atoms with Crippen molar-refractivity contribution in [3.8, 4) is 5.75 Å². The van der Waals surface area contributed by atoms with E-state index in [4.69, 9.17) is 19.0 Å². The SMILES string of the molecule is NS(=O)(=O)c1ccc(OCCOC(=O)[C@@H]2CCCN2C(=O)c2ccco2)cc1. The molecular weight excluding hydrogens is 388 g/mol. The van der Waals surface area contributed by atoms with Crippen LogP contribution in [0.2, 0.25) is 0 Å². The van der Waals surface area contributed by atoms with Crippen molar-refractivity contribution in [3.63, 3.8) is 0 Å². The van der Waals surface area contributed by atoms with E-state index in [1.807, 2.05) is 0 Å². The number of rotatable bonds is 7. The first kappa shape index (κ1) is 19.9. The lowest BCUT2D eigenvalue weighted by Crippen LogP contribution is -2.41. The highest BCUT2D eigenvalue weighted by Gasteiger charge is 2.36. The normalized spacial score (nSPS) is 16.8. The molecule has 150 valence electrons. The number of likely N-dealkylation sites (tertiary alicyclic amines) is 1.